The molecule has 1 rings (SSSR count). The molecule has 0 unspecified atom stereocenters. The highest BCUT2D eigenvalue weighted by Gasteiger charge is 2.33. The van der Waals surface area contributed by atoms with Gasteiger partial charge in [-0.15, -0.1) is 11.3 Å². The molecule has 0 aliphatic carbocycles. The third kappa shape index (κ3) is 4.56. The molecule has 1 amide bonds. The molecule has 118 valence electrons. The number of aryl methyl sites for hydroxylation is 2. The Morgan fingerprint density at radius 3 is 2.38 bits per heavy atom. The van der Waals surface area contributed by atoms with Crippen molar-refractivity contribution in [2.75, 3.05) is 0 Å². The first-order valence-electron chi connectivity index (χ1n) is 7.35. The molecule has 21 heavy (non-hydrogen) atoms. The Kier molecular flexibility index (Phi) is 5.96. The molecule has 4 nitrogen and oxygen atoms in total. The standard InChI is InChI=1S/C16H25NO3S/c1-6-8-11-10(7-2)9-12(21-11)14(18)17-13(15(19)20)16(3,4)5/h9,13H,6-8H2,1-5H3,(H,17,18)(H,19,20)/t13-/m1/s1. The van der Waals surface area contributed by atoms with E-state index in [0.717, 1.165) is 19.3 Å². The average Bonchev–Trinajstić information content (AvgIpc) is 2.77. The van der Waals surface area contributed by atoms with Gasteiger partial charge in [0.1, 0.15) is 6.04 Å². The van der Waals surface area contributed by atoms with Crippen LogP contribution < -0.4 is 5.32 Å². The predicted octanol–water partition coefficient (Wildman–Crippen LogP) is 3.49. The molecule has 1 atom stereocenters. The number of amides is 1. The smallest absolute Gasteiger partial charge is 0.326 e. The molecule has 5 heteroatoms. The van der Waals surface area contributed by atoms with E-state index < -0.39 is 17.4 Å². The van der Waals surface area contributed by atoms with E-state index in [0.29, 0.717) is 4.88 Å². The monoisotopic (exact) mass is 311 g/mol. The lowest BCUT2D eigenvalue weighted by Gasteiger charge is -2.27. The number of hydrogen-bond donors (Lipinski definition) is 2. The van der Waals surface area contributed by atoms with Gasteiger partial charge in [0.15, 0.2) is 0 Å². The molecule has 0 saturated carbocycles. The maximum atomic E-state index is 12.3. The van der Waals surface area contributed by atoms with Gasteiger partial charge in [0.2, 0.25) is 0 Å². The normalized spacial score (nSPS) is 13.0. The van der Waals surface area contributed by atoms with Crippen molar-refractivity contribution in [3.63, 3.8) is 0 Å². The van der Waals surface area contributed by atoms with Gasteiger partial charge in [-0.2, -0.15) is 0 Å². The Morgan fingerprint density at radius 2 is 1.95 bits per heavy atom. The number of hydrogen-bond acceptors (Lipinski definition) is 3. The van der Waals surface area contributed by atoms with Gasteiger partial charge in [-0.25, -0.2) is 4.79 Å². The molecular formula is C16H25NO3S. The molecule has 0 spiro atoms. The van der Waals surface area contributed by atoms with E-state index in [1.807, 2.05) is 6.07 Å². The predicted molar refractivity (Wildman–Crippen MR) is 86.0 cm³/mol. The lowest BCUT2D eigenvalue weighted by atomic mass is 9.87. The van der Waals surface area contributed by atoms with Gasteiger partial charge in [-0.1, -0.05) is 41.0 Å². The van der Waals surface area contributed by atoms with Crippen molar-refractivity contribution in [3.05, 3.63) is 21.4 Å². The SMILES string of the molecule is CCCc1sc(C(=O)N[C@H](C(=O)O)C(C)(C)C)cc1CC. The molecule has 0 saturated heterocycles. The van der Waals surface area contributed by atoms with Gasteiger partial charge in [-0.05, 0) is 29.9 Å². The quantitative estimate of drug-likeness (QED) is 0.845. The lowest BCUT2D eigenvalue weighted by Crippen LogP contribution is -2.48. The summed E-state index contributed by atoms with van der Waals surface area (Å²) >= 11 is 1.48. The Morgan fingerprint density at radius 1 is 1.33 bits per heavy atom. The first-order valence-corrected chi connectivity index (χ1v) is 8.17. The van der Waals surface area contributed by atoms with E-state index in [4.69, 9.17) is 0 Å². The van der Waals surface area contributed by atoms with Gasteiger partial charge < -0.3 is 10.4 Å². The number of nitrogens with one attached hydrogen (secondary N) is 1. The summed E-state index contributed by atoms with van der Waals surface area (Å²) in [5.74, 6) is -1.30. The van der Waals surface area contributed by atoms with Crippen molar-refractivity contribution in [2.24, 2.45) is 5.41 Å². The van der Waals surface area contributed by atoms with E-state index in [1.54, 1.807) is 20.8 Å². The second kappa shape index (κ2) is 7.07. The highest BCUT2D eigenvalue weighted by molar-refractivity contribution is 7.14. The number of aliphatic carboxylic acids is 1. The van der Waals surface area contributed by atoms with Crippen LogP contribution in [0.1, 0.15) is 61.2 Å². The van der Waals surface area contributed by atoms with Gasteiger partial charge in [0, 0.05) is 4.88 Å². The van der Waals surface area contributed by atoms with Crippen molar-refractivity contribution in [2.45, 2.75) is 59.9 Å². The third-order valence-electron chi connectivity index (χ3n) is 3.37. The van der Waals surface area contributed by atoms with Crippen molar-refractivity contribution in [3.8, 4) is 0 Å². The Bertz CT molecular complexity index is 514. The zero-order valence-corrected chi connectivity index (χ0v) is 14.3. The minimum absolute atomic E-state index is 0.292. The van der Waals surface area contributed by atoms with E-state index in [-0.39, 0.29) is 5.91 Å². The summed E-state index contributed by atoms with van der Waals surface area (Å²) in [5.41, 5.74) is 0.660. The maximum absolute atomic E-state index is 12.3. The van der Waals surface area contributed by atoms with Gasteiger partial charge >= 0.3 is 5.97 Å². The van der Waals surface area contributed by atoms with Crippen LogP contribution in [0.3, 0.4) is 0 Å². The largest absolute Gasteiger partial charge is 0.480 e. The number of carbonyl (C=O) groups excluding carboxylic acids is 1. The Balaban J connectivity index is 2.95. The summed E-state index contributed by atoms with van der Waals surface area (Å²) in [4.78, 5) is 25.5. The summed E-state index contributed by atoms with van der Waals surface area (Å²) in [5, 5.41) is 11.9. The minimum atomic E-state index is -1.00. The van der Waals surface area contributed by atoms with Crippen LogP contribution in [0.15, 0.2) is 6.07 Å². The fourth-order valence-electron chi connectivity index (χ4n) is 2.17. The maximum Gasteiger partial charge on any atom is 0.326 e. The third-order valence-corrected chi connectivity index (χ3v) is 4.60. The molecule has 2 N–H and O–H groups in total. The van der Waals surface area contributed by atoms with Crippen LogP contribution in [-0.4, -0.2) is 23.0 Å². The molecule has 0 aliphatic rings. The number of carbonyl (C=O) groups is 2. The fourth-order valence-corrected chi connectivity index (χ4v) is 3.43. The molecule has 0 bridgehead atoms. The van der Waals surface area contributed by atoms with Crippen LogP contribution in [0.2, 0.25) is 0 Å². The summed E-state index contributed by atoms with van der Waals surface area (Å²) in [6, 6.07) is 0.999. The molecule has 0 aromatic carbocycles. The van der Waals surface area contributed by atoms with E-state index in [2.05, 4.69) is 19.2 Å². The zero-order valence-electron chi connectivity index (χ0n) is 13.4. The van der Waals surface area contributed by atoms with Crippen LogP contribution in [0.5, 0.6) is 0 Å². The van der Waals surface area contributed by atoms with Crippen LogP contribution >= 0.6 is 11.3 Å². The first-order chi connectivity index (χ1) is 9.70. The van der Waals surface area contributed by atoms with E-state index in [1.165, 1.54) is 21.8 Å². The summed E-state index contributed by atoms with van der Waals surface area (Å²) < 4.78 is 0. The molecule has 1 aromatic rings. The van der Waals surface area contributed by atoms with Gasteiger partial charge in [0.05, 0.1) is 4.88 Å². The number of rotatable bonds is 6. The summed E-state index contributed by atoms with van der Waals surface area (Å²) in [6.45, 7) is 9.60. The van der Waals surface area contributed by atoms with E-state index >= 15 is 0 Å². The number of carboxylic acid groups (broad SMARTS) is 1. The lowest BCUT2D eigenvalue weighted by molar-refractivity contribution is -0.142. The van der Waals surface area contributed by atoms with Crippen molar-refractivity contribution in [1.82, 2.24) is 5.32 Å². The highest BCUT2D eigenvalue weighted by atomic mass is 32.1. The molecular weight excluding hydrogens is 286 g/mol. The van der Waals surface area contributed by atoms with Crippen molar-refractivity contribution >= 4 is 23.2 Å². The van der Waals surface area contributed by atoms with Gasteiger partial charge in [0.25, 0.3) is 5.91 Å². The average molecular weight is 311 g/mol. The molecule has 0 aliphatic heterocycles. The van der Waals surface area contributed by atoms with Crippen LogP contribution in [-0.2, 0) is 17.6 Å². The second-order valence-corrected chi connectivity index (χ2v) is 7.41. The van der Waals surface area contributed by atoms with E-state index in [9.17, 15) is 14.7 Å². The zero-order chi connectivity index (χ0) is 16.2. The second-order valence-electron chi connectivity index (χ2n) is 6.27. The molecule has 0 radical (unpaired) electrons. The minimum Gasteiger partial charge on any atom is -0.480 e. The summed E-state index contributed by atoms with van der Waals surface area (Å²) in [7, 11) is 0. The van der Waals surface area contributed by atoms with Crippen molar-refractivity contribution in [1.29, 1.82) is 0 Å². The number of thiophene rings is 1. The molecule has 0 fully saturated rings. The molecule has 1 heterocycles. The summed E-state index contributed by atoms with van der Waals surface area (Å²) in [6.07, 6.45) is 2.89. The number of carboxylic acids is 1. The van der Waals surface area contributed by atoms with Gasteiger partial charge in [-0.3, -0.25) is 4.79 Å². The molecule has 1 aromatic heterocycles. The van der Waals surface area contributed by atoms with Crippen LogP contribution in [0.4, 0.5) is 0 Å². The Hall–Kier alpha value is -1.36. The van der Waals surface area contributed by atoms with Crippen LogP contribution in [0.25, 0.3) is 0 Å². The topological polar surface area (TPSA) is 66.4 Å². The fraction of sp³-hybridized carbons (Fsp3) is 0.625. The first kappa shape index (κ1) is 17.7. The Labute approximate surface area is 130 Å². The van der Waals surface area contributed by atoms with Crippen LogP contribution in [0, 0.1) is 5.41 Å². The highest BCUT2D eigenvalue weighted by Crippen LogP contribution is 2.26. The van der Waals surface area contributed by atoms with Crippen molar-refractivity contribution < 1.29 is 14.7 Å².